The van der Waals surface area contributed by atoms with E-state index in [2.05, 4.69) is 16.0 Å². The average Bonchev–Trinajstić information content (AvgIpc) is 2.71. The summed E-state index contributed by atoms with van der Waals surface area (Å²) in [7, 11) is 0. The largest absolute Gasteiger partial charge is 0.481 e. The normalized spacial score (nSPS) is 14.5. The van der Waals surface area contributed by atoms with Crippen LogP contribution in [0.25, 0.3) is 0 Å². The topological polar surface area (TPSA) is 225 Å². The highest BCUT2D eigenvalue weighted by Crippen LogP contribution is 2.09. The summed E-state index contributed by atoms with van der Waals surface area (Å²) in [6.07, 6.45) is -1.20. The second-order valence-electron chi connectivity index (χ2n) is 9.25. The quantitative estimate of drug-likeness (QED) is 0.137. The summed E-state index contributed by atoms with van der Waals surface area (Å²) in [6, 6.07) is -4.90. The van der Waals surface area contributed by atoms with E-state index in [1.165, 1.54) is 0 Å². The molecule has 0 aliphatic carbocycles. The third kappa shape index (κ3) is 13.9. The molecule has 35 heavy (non-hydrogen) atoms. The van der Waals surface area contributed by atoms with Gasteiger partial charge in [0.25, 0.3) is 0 Å². The van der Waals surface area contributed by atoms with E-state index >= 15 is 0 Å². The number of carboxylic acid groups (broad SMARTS) is 3. The smallest absolute Gasteiger partial charge is 0.326 e. The Bertz CT molecular complexity index is 770. The minimum absolute atomic E-state index is 0.0360. The van der Waals surface area contributed by atoms with Crippen LogP contribution in [0.2, 0.25) is 0 Å². The molecule has 200 valence electrons. The molecule has 13 nitrogen and oxygen atoms in total. The third-order valence-corrected chi connectivity index (χ3v) is 4.94. The first-order valence-electron chi connectivity index (χ1n) is 11.5. The maximum atomic E-state index is 13.0. The Morgan fingerprint density at radius 1 is 0.629 bits per heavy atom. The van der Waals surface area contributed by atoms with Gasteiger partial charge in [0.15, 0.2) is 0 Å². The highest BCUT2D eigenvalue weighted by Gasteiger charge is 2.31. The number of carboxylic acids is 3. The fourth-order valence-corrected chi connectivity index (χ4v) is 3.20. The predicted molar refractivity (Wildman–Crippen MR) is 124 cm³/mol. The van der Waals surface area contributed by atoms with Gasteiger partial charge in [0.05, 0.1) is 6.04 Å². The number of hydrogen-bond donors (Lipinski definition) is 7. The molecular formula is C22H38N4O9. The van der Waals surface area contributed by atoms with E-state index in [1.807, 2.05) is 27.7 Å². The standard InChI is InChI=1S/C22H38N4O9/c1-11(2)9-13(23)19(31)26-16(10-12(3)4)21(33)24-14(5-7-17(27)28)20(32)25-15(22(34)35)6-8-18(29)30/h11-16H,5-10,23H2,1-4H3,(H,24,33)(H,25,32)(H,26,31)(H,27,28)(H,29,30)(H,34,35). The number of amides is 3. The molecule has 8 N–H and O–H groups in total. The highest BCUT2D eigenvalue weighted by atomic mass is 16.4. The van der Waals surface area contributed by atoms with E-state index < -0.39 is 79.1 Å². The second-order valence-corrected chi connectivity index (χ2v) is 9.25. The number of aliphatic carboxylic acids is 3. The zero-order valence-corrected chi connectivity index (χ0v) is 20.6. The molecule has 0 aliphatic heterocycles. The summed E-state index contributed by atoms with van der Waals surface area (Å²) in [5.41, 5.74) is 5.89. The summed E-state index contributed by atoms with van der Waals surface area (Å²) in [4.78, 5) is 71.3. The second kappa shape index (κ2) is 15.6. The Hall–Kier alpha value is -3.22. The van der Waals surface area contributed by atoms with Crippen LogP contribution in [0.3, 0.4) is 0 Å². The summed E-state index contributed by atoms with van der Waals surface area (Å²) >= 11 is 0. The van der Waals surface area contributed by atoms with Crippen LogP contribution in [0.4, 0.5) is 0 Å². The molecule has 0 aromatic heterocycles. The van der Waals surface area contributed by atoms with Crippen LogP contribution in [0.1, 0.15) is 66.2 Å². The summed E-state index contributed by atoms with van der Waals surface area (Å²) in [6.45, 7) is 7.40. The first-order chi connectivity index (χ1) is 16.1. The monoisotopic (exact) mass is 502 g/mol. The number of rotatable bonds is 17. The number of carbonyl (C=O) groups is 6. The van der Waals surface area contributed by atoms with Crippen molar-refractivity contribution in [3.05, 3.63) is 0 Å². The minimum Gasteiger partial charge on any atom is -0.481 e. The van der Waals surface area contributed by atoms with E-state index in [0.717, 1.165) is 0 Å². The van der Waals surface area contributed by atoms with Gasteiger partial charge in [-0.05, 0) is 37.5 Å². The Labute approximate surface area is 204 Å². The van der Waals surface area contributed by atoms with Crippen molar-refractivity contribution >= 4 is 35.6 Å². The molecule has 0 fully saturated rings. The lowest BCUT2D eigenvalue weighted by atomic mass is 10.00. The molecule has 0 aliphatic rings. The fraction of sp³-hybridized carbons (Fsp3) is 0.727. The van der Waals surface area contributed by atoms with Gasteiger partial charge in [0.2, 0.25) is 17.7 Å². The lowest BCUT2D eigenvalue weighted by molar-refractivity contribution is -0.144. The van der Waals surface area contributed by atoms with Crippen molar-refractivity contribution in [2.75, 3.05) is 0 Å². The van der Waals surface area contributed by atoms with E-state index in [1.54, 1.807) is 0 Å². The van der Waals surface area contributed by atoms with E-state index in [-0.39, 0.29) is 24.7 Å². The molecule has 0 saturated heterocycles. The Morgan fingerprint density at radius 3 is 1.46 bits per heavy atom. The lowest BCUT2D eigenvalue weighted by Crippen LogP contribution is -2.57. The molecule has 4 atom stereocenters. The molecule has 13 heteroatoms. The number of hydrogen-bond acceptors (Lipinski definition) is 7. The molecule has 4 unspecified atom stereocenters. The molecular weight excluding hydrogens is 464 g/mol. The van der Waals surface area contributed by atoms with Crippen LogP contribution in [0.15, 0.2) is 0 Å². The third-order valence-electron chi connectivity index (χ3n) is 4.94. The van der Waals surface area contributed by atoms with E-state index in [4.69, 9.17) is 15.9 Å². The Balaban J connectivity index is 5.58. The number of carbonyl (C=O) groups excluding carboxylic acids is 3. The van der Waals surface area contributed by atoms with Crippen LogP contribution in [0, 0.1) is 11.8 Å². The van der Waals surface area contributed by atoms with Crippen LogP contribution >= 0.6 is 0 Å². The Kier molecular flexibility index (Phi) is 14.2. The molecule has 0 radical (unpaired) electrons. The maximum absolute atomic E-state index is 13.0. The van der Waals surface area contributed by atoms with Gasteiger partial charge in [-0.25, -0.2) is 4.79 Å². The average molecular weight is 503 g/mol. The summed E-state index contributed by atoms with van der Waals surface area (Å²) < 4.78 is 0. The van der Waals surface area contributed by atoms with Crippen molar-refractivity contribution in [3.63, 3.8) is 0 Å². The van der Waals surface area contributed by atoms with Crippen molar-refractivity contribution in [2.45, 2.75) is 90.4 Å². The maximum Gasteiger partial charge on any atom is 0.326 e. The van der Waals surface area contributed by atoms with Crippen molar-refractivity contribution in [2.24, 2.45) is 17.6 Å². The van der Waals surface area contributed by atoms with Gasteiger partial charge in [-0.3, -0.25) is 24.0 Å². The van der Waals surface area contributed by atoms with Gasteiger partial charge < -0.3 is 37.0 Å². The lowest BCUT2D eigenvalue weighted by Gasteiger charge is -2.26. The van der Waals surface area contributed by atoms with Gasteiger partial charge in [-0.1, -0.05) is 27.7 Å². The molecule has 0 aromatic carbocycles. The van der Waals surface area contributed by atoms with Crippen molar-refractivity contribution < 1.29 is 44.1 Å². The zero-order valence-electron chi connectivity index (χ0n) is 20.6. The first kappa shape index (κ1) is 31.8. The van der Waals surface area contributed by atoms with Crippen LogP contribution < -0.4 is 21.7 Å². The number of nitrogens with two attached hydrogens (primary N) is 1. The molecule has 0 rings (SSSR count). The van der Waals surface area contributed by atoms with E-state index in [9.17, 15) is 33.9 Å². The first-order valence-corrected chi connectivity index (χ1v) is 11.5. The van der Waals surface area contributed by atoms with Gasteiger partial charge in [-0.15, -0.1) is 0 Å². The zero-order chi connectivity index (χ0) is 27.3. The van der Waals surface area contributed by atoms with Crippen molar-refractivity contribution in [3.8, 4) is 0 Å². The minimum atomic E-state index is -1.55. The highest BCUT2D eigenvalue weighted by molar-refractivity contribution is 5.94. The predicted octanol–water partition coefficient (Wildman–Crippen LogP) is -0.325. The summed E-state index contributed by atoms with van der Waals surface area (Å²) in [5.74, 6) is -6.17. The molecule has 0 heterocycles. The van der Waals surface area contributed by atoms with Crippen molar-refractivity contribution in [1.29, 1.82) is 0 Å². The van der Waals surface area contributed by atoms with Gasteiger partial charge in [-0.2, -0.15) is 0 Å². The van der Waals surface area contributed by atoms with Crippen LogP contribution in [0.5, 0.6) is 0 Å². The van der Waals surface area contributed by atoms with Crippen LogP contribution in [-0.4, -0.2) is 75.1 Å². The van der Waals surface area contributed by atoms with E-state index in [0.29, 0.717) is 6.42 Å². The van der Waals surface area contributed by atoms with Crippen LogP contribution in [-0.2, 0) is 28.8 Å². The van der Waals surface area contributed by atoms with Crippen molar-refractivity contribution in [1.82, 2.24) is 16.0 Å². The SMILES string of the molecule is CC(C)CC(N)C(=O)NC(CC(C)C)C(=O)NC(CCC(=O)O)C(=O)NC(CCC(=O)O)C(=O)O. The van der Waals surface area contributed by atoms with Gasteiger partial charge in [0.1, 0.15) is 18.1 Å². The van der Waals surface area contributed by atoms with Gasteiger partial charge in [0, 0.05) is 12.8 Å². The molecule has 0 spiro atoms. The summed E-state index contributed by atoms with van der Waals surface area (Å²) in [5, 5.41) is 34.1. The molecule has 0 bridgehead atoms. The molecule has 3 amide bonds. The molecule has 0 aromatic rings. The molecule has 0 saturated carbocycles. The number of nitrogens with one attached hydrogen (secondary N) is 3. The Morgan fingerprint density at radius 2 is 1.03 bits per heavy atom. The van der Waals surface area contributed by atoms with Gasteiger partial charge >= 0.3 is 17.9 Å². The fourth-order valence-electron chi connectivity index (χ4n) is 3.20.